The van der Waals surface area contributed by atoms with Crippen molar-refractivity contribution >= 4 is 5.97 Å². The zero-order chi connectivity index (χ0) is 20.5. The molecule has 3 nitrogen and oxygen atoms in total. The summed E-state index contributed by atoms with van der Waals surface area (Å²) in [4.78, 5) is 11.2. The van der Waals surface area contributed by atoms with E-state index in [4.69, 9.17) is 9.84 Å². The van der Waals surface area contributed by atoms with Crippen molar-refractivity contribution in [3.63, 3.8) is 0 Å². The normalized spacial score (nSPS) is 21.5. The molecule has 0 amide bonds. The van der Waals surface area contributed by atoms with Crippen LogP contribution in [0.15, 0.2) is 0 Å². The number of carboxylic acid groups (broad SMARTS) is 1. The Morgan fingerprint density at radius 1 is 1.04 bits per heavy atom. The zero-order valence-electron chi connectivity index (χ0n) is 15.4. The molecule has 1 aliphatic carbocycles. The van der Waals surface area contributed by atoms with Crippen LogP contribution in [0.3, 0.4) is 0 Å². The molecule has 0 heterocycles. The van der Waals surface area contributed by atoms with E-state index < -0.39 is 64.0 Å². The summed E-state index contributed by atoms with van der Waals surface area (Å²) in [5, 5.41) is 9.16. The van der Waals surface area contributed by atoms with E-state index in [1.807, 2.05) is 0 Å². The Bertz CT molecular complexity index is 685. The van der Waals surface area contributed by atoms with Crippen molar-refractivity contribution in [1.82, 2.24) is 0 Å². The Morgan fingerprint density at radius 3 is 2.00 bits per heavy atom. The van der Waals surface area contributed by atoms with Crippen LogP contribution in [0.2, 0.25) is 0 Å². The molecule has 8 heteroatoms. The van der Waals surface area contributed by atoms with Gasteiger partial charge in [-0.25, -0.2) is 22.0 Å². The smallest absolute Gasteiger partial charge is 0.306 e. The van der Waals surface area contributed by atoms with Crippen molar-refractivity contribution in [1.29, 1.82) is 0 Å². The van der Waals surface area contributed by atoms with Gasteiger partial charge in [-0.1, -0.05) is 0 Å². The first-order valence-electron chi connectivity index (χ1n) is 8.82. The lowest BCUT2D eigenvalue weighted by molar-refractivity contribution is -0.141. The fourth-order valence-electron chi connectivity index (χ4n) is 3.66. The number of aliphatic carboxylic acids is 1. The predicted octanol–water partition coefficient (Wildman–Crippen LogP) is 5.17. The molecule has 0 saturated heterocycles. The van der Waals surface area contributed by atoms with Crippen molar-refractivity contribution < 1.29 is 36.6 Å². The van der Waals surface area contributed by atoms with Gasteiger partial charge in [-0.3, -0.25) is 4.79 Å². The Balaban J connectivity index is 2.40. The van der Waals surface area contributed by atoms with Gasteiger partial charge in [0.25, 0.3) is 0 Å². The number of hydrogen-bond donors (Lipinski definition) is 1. The van der Waals surface area contributed by atoms with Crippen LogP contribution in [0.5, 0.6) is 0 Å². The third kappa shape index (κ3) is 4.78. The number of ether oxygens (including phenoxy) is 1. The number of carboxylic acids is 1. The maximum atomic E-state index is 14.3. The monoisotopic (exact) mass is 394 g/mol. The minimum atomic E-state index is -2.20. The molecule has 2 rings (SSSR count). The summed E-state index contributed by atoms with van der Waals surface area (Å²) < 4.78 is 75.0. The van der Waals surface area contributed by atoms with Gasteiger partial charge in [0.15, 0.2) is 23.3 Å². The average Bonchev–Trinajstić information content (AvgIpc) is 3.06. The predicted molar refractivity (Wildman–Crippen MR) is 87.8 cm³/mol. The third-order valence-corrected chi connectivity index (χ3v) is 4.97. The topological polar surface area (TPSA) is 46.5 Å². The van der Waals surface area contributed by atoms with E-state index in [0.29, 0.717) is 12.8 Å². The second-order valence-corrected chi connectivity index (χ2v) is 7.95. The molecule has 1 fully saturated rings. The quantitative estimate of drug-likeness (QED) is 0.411. The molecule has 1 aliphatic rings. The Hall–Kier alpha value is -1.70. The fraction of sp³-hybridized carbons (Fsp3) is 0.632. The molecule has 27 heavy (non-hydrogen) atoms. The van der Waals surface area contributed by atoms with Gasteiger partial charge in [0.1, 0.15) is 0 Å². The minimum Gasteiger partial charge on any atom is -0.481 e. The van der Waals surface area contributed by atoms with Gasteiger partial charge in [-0.05, 0) is 58.3 Å². The molecule has 1 N–H and O–H groups in total. The van der Waals surface area contributed by atoms with Gasteiger partial charge in [-0.2, -0.15) is 0 Å². The highest BCUT2D eigenvalue weighted by Crippen LogP contribution is 2.44. The maximum absolute atomic E-state index is 14.3. The standard InChI is InChI=1S/C19H23F5O3/c1-19(2,3)27-7-6-11(9-4-5-10(8-9)18(25)26)12-13(20)15(22)17(24)16(23)14(12)21/h9-11H,4-8H2,1-3H3,(H,25,26). The van der Waals surface area contributed by atoms with Gasteiger partial charge in [0, 0.05) is 12.2 Å². The van der Waals surface area contributed by atoms with Crippen LogP contribution < -0.4 is 0 Å². The molecule has 1 aromatic carbocycles. The largest absolute Gasteiger partial charge is 0.481 e. The van der Waals surface area contributed by atoms with E-state index in [9.17, 15) is 26.7 Å². The molecule has 152 valence electrons. The van der Waals surface area contributed by atoms with E-state index in [1.165, 1.54) is 0 Å². The molecular formula is C19H23F5O3. The van der Waals surface area contributed by atoms with E-state index >= 15 is 0 Å². The first-order chi connectivity index (χ1) is 12.4. The van der Waals surface area contributed by atoms with Crippen molar-refractivity contribution in [2.24, 2.45) is 11.8 Å². The van der Waals surface area contributed by atoms with Crippen LogP contribution in [-0.4, -0.2) is 23.3 Å². The Morgan fingerprint density at radius 2 is 1.56 bits per heavy atom. The number of benzene rings is 1. The van der Waals surface area contributed by atoms with E-state index in [2.05, 4.69) is 0 Å². The van der Waals surface area contributed by atoms with Crippen molar-refractivity contribution in [2.75, 3.05) is 6.61 Å². The molecule has 0 bridgehead atoms. The third-order valence-electron chi connectivity index (χ3n) is 4.97. The van der Waals surface area contributed by atoms with Crippen molar-refractivity contribution in [3.8, 4) is 0 Å². The highest BCUT2D eigenvalue weighted by atomic mass is 19.2. The molecule has 0 aromatic heterocycles. The number of carbonyl (C=O) groups is 1. The molecule has 1 aromatic rings. The minimum absolute atomic E-state index is 0.0205. The summed E-state index contributed by atoms with van der Waals surface area (Å²) >= 11 is 0. The SMILES string of the molecule is CC(C)(C)OCCC(c1c(F)c(F)c(F)c(F)c1F)C1CCC(C(=O)O)C1. The van der Waals surface area contributed by atoms with Crippen LogP contribution in [0.4, 0.5) is 22.0 Å². The lowest BCUT2D eigenvalue weighted by Crippen LogP contribution is -2.24. The second-order valence-electron chi connectivity index (χ2n) is 7.95. The van der Waals surface area contributed by atoms with Crippen molar-refractivity contribution in [3.05, 3.63) is 34.6 Å². The van der Waals surface area contributed by atoms with Crippen molar-refractivity contribution in [2.45, 2.75) is 58.0 Å². The van der Waals surface area contributed by atoms with Crippen LogP contribution in [0.25, 0.3) is 0 Å². The average molecular weight is 394 g/mol. The first kappa shape index (κ1) is 21.6. The van der Waals surface area contributed by atoms with Gasteiger partial charge in [-0.15, -0.1) is 0 Å². The first-order valence-corrected chi connectivity index (χ1v) is 8.82. The summed E-state index contributed by atoms with van der Waals surface area (Å²) in [6.45, 7) is 5.37. The van der Waals surface area contributed by atoms with Gasteiger partial charge < -0.3 is 9.84 Å². The highest BCUT2D eigenvalue weighted by molar-refractivity contribution is 5.70. The summed E-state index contributed by atoms with van der Waals surface area (Å²) in [6, 6.07) is 0. The molecule has 3 atom stereocenters. The molecule has 0 spiro atoms. The van der Waals surface area contributed by atoms with Crippen LogP contribution >= 0.6 is 0 Å². The molecular weight excluding hydrogens is 371 g/mol. The molecule has 0 radical (unpaired) electrons. The zero-order valence-corrected chi connectivity index (χ0v) is 15.4. The molecule has 0 aliphatic heterocycles. The van der Waals surface area contributed by atoms with E-state index in [0.717, 1.165) is 0 Å². The number of halogens is 5. The maximum Gasteiger partial charge on any atom is 0.306 e. The molecule has 1 saturated carbocycles. The van der Waals surface area contributed by atoms with Crippen LogP contribution in [-0.2, 0) is 9.53 Å². The van der Waals surface area contributed by atoms with Crippen LogP contribution in [0.1, 0.15) is 57.9 Å². The van der Waals surface area contributed by atoms with Gasteiger partial charge in [0.2, 0.25) is 5.82 Å². The summed E-state index contributed by atoms with van der Waals surface area (Å²) in [7, 11) is 0. The fourth-order valence-corrected chi connectivity index (χ4v) is 3.66. The highest BCUT2D eigenvalue weighted by Gasteiger charge is 2.39. The number of rotatable bonds is 6. The Kier molecular flexibility index (Phi) is 6.50. The summed E-state index contributed by atoms with van der Waals surface area (Å²) in [6.07, 6.45) is 0.768. The number of hydrogen-bond acceptors (Lipinski definition) is 2. The summed E-state index contributed by atoms with van der Waals surface area (Å²) in [5.41, 5.74) is -1.42. The Labute approximate surface area is 154 Å². The van der Waals surface area contributed by atoms with E-state index in [-0.39, 0.29) is 19.4 Å². The van der Waals surface area contributed by atoms with E-state index in [1.54, 1.807) is 20.8 Å². The lowest BCUT2D eigenvalue weighted by atomic mass is 9.81. The summed E-state index contributed by atoms with van der Waals surface area (Å²) in [5.74, 6) is -13.1. The lowest BCUT2D eigenvalue weighted by Gasteiger charge is -2.27. The van der Waals surface area contributed by atoms with Gasteiger partial charge in [0.05, 0.1) is 11.5 Å². The van der Waals surface area contributed by atoms with Gasteiger partial charge >= 0.3 is 5.97 Å². The van der Waals surface area contributed by atoms with Crippen LogP contribution in [0, 0.1) is 40.9 Å². The second kappa shape index (κ2) is 8.12. The molecule has 3 unspecified atom stereocenters.